The van der Waals surface area contributed by atoms with Crippen molar-refractivity contribution in [2.45, 2.75) is 39.5 Å². The number of benzene rings is 3. The normalized spacial score (nSPS) is 25.8. The molecule has 6 atom stereocenters. The Morgan fingerprint density at radius 1 is 0.946 bits per heavy atom. The van der Waals surface area contributed by atoms with Crippen molar-refractivity contribution in [3.05, 3.63) is 105 Å². The first-order valence-electron chi connectivity index (χ1n) is 18.6. The molecule has 1 saturated carbocycles. The number of thiophene rings is 1. The number of rotatable bonds is 7. The number of ether oxygens (including phenoxy) is 1. The number of para-hydroxylation sites is 1. The first-order valence-corrected chi connectivity index (χ1v) is 20.2. The fourth-order valence-electron chi connectivity index (χ4n) is 9.77. The van der Waals surface area contributed by atoms with Crippen molar-refractivity contribution in [3.8, 4) is 16.3 Å². The highest BCUT2D eigenvalue weighted by molar-refractivity contribution is 7.22. The first-order chi connectivity index (χ1) is 26.8. The van der Waals surface area contributed by atoms with Crippen LogP contribution in [0.5, 0.6) is 5.75 Å². The number of hydrogen-bond acceptors (Lipinski definition) is 8. The highest BCUT2D eigenvalue weighted by Crippen LogP contribution is 2.64. The quantitative estimate of drug-likeness (QED) is 0.131. The third kappa shape index (κ3) is 5.27. The highest BCUT2D eigenvalue weighted by atomic mass is 35.5. The molecule has 0 bridgehead atoms. The summed E-state index contributed by atoms with van der Waals surface area (Å²) in [5.41, 5.74) is 3.08. The molecule has 10 nitrogen and oxygen atoms in total. The molecule has 2 aliphatic carbocycles. The summed E-state index contributed by atoms with van der Waals surface area (Å²) in [4.78, 5) is 62.3. The molecule has 2 saturated heterocycles. The van der Waals surface area contributed by atoms with Crippen molar-refractivity contribution in [2.75, 3.05) is 23.0 Å². The van der Waals surface area contributed by atoms with Gasteiger partial charge in [-0.05, 0) is 92.4 Å². The summed E-state index contributed by atoms with van der Waals surface area (Å²) >= 11 is 14.4. The van der Waals surface area contributed by atoms with E-state index in [-0.39, 0.29) is 43.3 Å². The molecule has 3 fully saturated rings. The number of carbonyl (C=O) groups is 4. The van der Waals surface area contributed by atoms with Crippen LogP contribution in [0.25, 0.3) is 20.7 Å². The number of anilines is 2. The van der Waals surface area contributed by atoms with E-state index >= 15 is 4.79 Å². The van der Waals surface area contributed by atoms with Crippen molar-refractivity contribution in [1.29, 1.82) is 0 Å². The number of amides is 4. The van der Waals surface area contributed by atoms with Crippen LogP contribution in [0.2, 0.25) is 10.0 Å². The number of aryl methyl sites for hydroxylation is 3. The van der Waals surface area contributed by atoms with Crippen molar-refractivity contribution in [3.63, 3.8) is 0 Å². The van der Waals surface area contributed by atoms with Crippen LogP contribution in [0, 0.1) is 42.9 Å². The minimum absolute atomic E-state index is 0.0261. The standard InChI is InChI=1S/C43H38Cl2N4O6S/c1-21-9-11-24(18-31(21)45)48-39(51)27-13-12-25-29(36(27)41(48)53)19-30-40(52)49(42(54)43(30,3)37(25)26-7-5-6-8-33(26)55-16-15-50)35-20-32(46-47(35)4)38-22(2)28-17-23(44)10-14-34(28)56-38/h5-12,14,17-18,20,27,29-30,36-37,50H,13,15-16,19H2,1-4H3/t27-,29+,30-,36-,37+,43+/m0/s1. The van der Waals surface area contributed by atoms with Crippen LogP contribution in [0.3, 0.4) is 0 Å². The van der Waals surface area contributed by atoms with Crippen LogP contribution in [0.15, 0.2) is 78.4 Å². The van der Waals surface area contributed by atoms with E-state index in [1.165, 1.54) is 9.80 Å². The van der Waals surface area contributed by atoms with E-state index in [0.717, 1.165) is 31.7 Å². The monoisotopic (exact) mass is 808 g/mol. The molecule has 0 radical (unpaired) electrons. The summed E-state index contributed by atoms with van der Waals surface area (Å²) in [5.74, 6) is -4.01. The van der Waals surface area contributed by atoms with Gasteiger partial charge in [0, 0.05) is 39.3 Å². The second-order valence-electron chi connectivity index (χ2n) is 15.4. The van der Waals surface area contributed by atoms with E-state index in [2.05, 4.69) is 0 Å². The highest BCUT2D eigenvalue weighted by Gasteiger charge is 2.68. The lowest BCUT2D eigenvalue weighted by Crippen LogP contribution is -2.49. The Balaban J connectivity index is 1.16. The van der Waals surface area contributed by atoms with Crippen LogP contribution in [-0.4, -0.2) is 51.7 Å². The molecule has 56 heavy (non-hydrogen) atoms. The Bertz CT molecular complexity index is 2560. The van der Waals surface area contributed by atoms with Gasteiger partial charge in [-0.15, -0.1) is 11.3 Å². The van der Waals surface area contributed by atoms with Gasteiger partial charge in [0.05, 0.1) is 40.3 Å². The summed E-state index contributed by atoms with van der Waals surface area (Å²) in [7, 11) is 1.72. The zero-order valence-electron chi connectivity index (χ0n) is 31.1. The van der Waals surface area contributed by atoms with Crippen LogP contribution in [-0.2, 0) is 26.2 Å². The summed E-state index contributed by atoms with van der Waals surface area (Å²) in [6, 6.07) is 20.0. The average Bonchev–Trinajstić information content (AvgIpc) is 3.85. The van der Waals surface area contributed by atoms with Gasteiger partial charge >= 0.3 is 0 Å². The van der Waals surface area contributed by atoms with Gasteiger partial charge < -0.3 is 9.84 Å². The van der Waals surface area contributed by atoms with E-state index in [4.69, 9.17) is 33.0 Å². The van der Waals surface area contributed by atoms with Gasteiger partial charge in [0.25, 0.3) is 0 Å². The molecule has 13 heteroatoms. The molecule has 9 rings (SSSR count). The van der Waals surface area contributed by atoms with E-state index in [1.54, 1.807) is 53.4 Å². The van der Waals surface area contributed by atoms with Gasteiger partial charge in [-0.1, -0.05) is 59.1 Å². The SMILES string of the molecule is Cc1ccc(N2C(=O)[C@H]3[C@H](CC=C4[C@H]3C[C@H]3C(=O)N(c5cc(-c6sc7ccc(Cl)cc7c6C)nn5C)C(=O)[C@@]3(C)[C@H]4c3ccccc3OCCO)C2=O)cc1Cl. The molecule has 2 aromatic heterocycles. The van der Waals surface area contributed by atoms with E-state index in [0.29, 0.717) is 45.0 Å². The zero-order chi connectivity index (χ0) is 39.4. The Hall–Kier alpha value is -4.81. The Labute approximate surface area is 337 Å². The minimum atomic E-state index is -1.30. The Morgan fingerprint density at radius 3 is 2.50 bits per heavy atom. The van der Waals surface area contributed by atoms with E-state index in [1.807, 2.05) is 63.2 Å². The molecule has 4 aliphatic rings. The number of halogens is 2. The summed E-state index contributed by atoms with van der Waals surface area (Å²) in [6.45, 7) is 5.51. The average molecular weight is 810 g/mol. The predicted octanol–water partition coefficient (Wildman–Crippen LogP) is 8.03. The number of fused-ring (bicyclic) bond motifs is 5. The number of nitrogens with zero attached hydrogens (tertiary/aromatic N) is 4. The number of aliphatic hydroxyl groups excluding tert-OH is 1. The third-order valence-electron chi connectivity index (χ3n) is 12.5. The summed E-state index contributed by atoms with van der Waals surface area (Å²) < 4.78 is 8.69. The predicted molar refractivity (Wildman–Crippen MR) is 216 cm³/mol. The lowest BCUT2D eigenvalue weighted by Gasteiger charge is -2.49. The molecule has 286 valence electrons. The zero-order valence-corrected chi connectivity index (χ0v) is 33.4. The molecule has 0 spiro atoms. The van der Waals surface area contributed by atoms with Gasteiger partial charge in [-0.25, -0.2) is 9.80 Å². The fourth-order valence-corrected chi connectivity index (χ4v) is 11.3. The maximum atomic E-state index is 15.2. The summed E-state index contributed by atoms with van der Waals surface area (Å²) in [6.07, 6.45) is 2.50. The minimum Gasteiger partial charge on any atom is -0.491 e. The fraction of sp³-hybridized carbons (Fsp3) is 0.326. The number of carbonyl (C=O) groups excluding carboxylic acids is 4. The van der Waals surface area contributed by atoms with Crippen molar-refractivity contribution in [2.24, 2.45) is 36.1 Å². The van der Waals surface area contributed by atoms with Crippen LogP contribution >= 0.6 is 34.5 Å². The van der Waals surface area contributed by atoms with Gasteiger partial charge in [-0.3, -0.25) is 23.9 Å². The largest absolute Gasteiger partial charge is 0.491 e. The topological polar surface area (TPSA) is 122 Å². The van der Waals surface area contributed by atoms with Crippen LogP contribution in [0.1, 0.15) is 42.4 Å². The molecule has 4 heterocycles. The van der Waals surface area contributed by atoms with Gasteiger partial charge in [-0.2, -0.15) is 5.10 Å². The summed E-state index contributed by atoms with van der Waals surface area (Å²) in [5, 5.41) is 16.6. The second-order valence-corrected chi connectivity index (χ2v) is 17.3. The molecule has 0 unspecified atom stereocenters. The smallest absolute Gasteiger partial charge is 0.242 e. The number of aromatic nitrogens is 2. The van der Waals surface area contributed by atoms with Crippen LogP contribution in [0.4, 0.5) is 11.5 Å². The van der Waals surface area contributed by atoms with Gasteiger partial charge in [0.2, 0.25) is 23.6 Å². The third-order valence-corrected chi connectivity index (χ3v) is 14.4. The Morgan fingerprint density at radius 2 is 1.73 bits per heavy atom. The van der Waals surface area contributed by atoms with E-state index < -0.39 is 35.0 Å². The molecule has 3 aromatic carbocycles. The lowest BCUT2D eigenvalue weighted by atomic mass is 9.51. The first kappa shape index (κ1) is 36.8. The maximum absolute atomic E-state index is 15.2. The maximum Gasteiger partial charge on any atom is 0.242 e. The number of aliphatic hydroxyl groups is 1. The van der Waals surface area contributed by atoms with Crippen molar-refractivity contribution in [1.82, 2.24) is 9.78 Å². The van der Waals surface area contributed by atoms with E-state index in [9.17, 15) is 19.5 Å². The number of allylic oxidation sites excluding steroid dienone is 2. The molecule has 1 N–H and O–H groups in total. The Kier molecular flexibility index (Phi) is 8.81. The molecular formula is C43H38Cl2N4O6S. The lowest BCUT2D eigenvalue weighted by molar-refractivity contribution is -0.131. The molecular weight excluding hydrogens is 771 g/mol. The molecule has 2 aliphatic heterocycles. The van der Waals surface area contributed by atoms with Crippen molar-refractivity contribution >= 4 is 79.8 Å². The number of imide groups is 2. The van der Waals surface area contributed by atoms with Gasteiger partial charge in [0.1, 0.15) is 23.9 Å². The molecule has 5 aromatic rings. The van der Waals surface area contributed by atoms with Gasteiger partial charge in [0.15, 0.2) is 0 Å². The second kappa shape index (κ2) is 13.4. The van der Waals surface area contributed by atoms with Crippen molar-refractivity contribution < 1.29 is 29.0 Å². The molecule has 4 amide bonds. The number of hydrogen-bond donors (Lipinski definition) is 1. The van der Waals surface area contributed by atoms with Crippen LogP contribution < -0.4 is 14.5 Å².